The van der Waals surface area contributed by atoms with Gasteiger partial charge in [0, 0.05) is 19.7 Å². The van der Waals surface area contributed by atoms with E-state index in [1.807, 2.05) is 17.0 Å². The molecule has 0 aromatic carbocycles. The highest BCUT2D eigenvalue weighted by Crippen LogP contribution is 2.25. The van der Waals surface area contributed by atoms with E-state index < -0.39 is 0 Å². The zero-order valence-electron chi connectivity index (χ0n) is 12.1. The maximum Gasteiger partial charge on any atom is 0.237 e. The summed E-state index contributed by atoms with van der Waals surface area (Å²) in [5.74, 6) is 0.992. The molecular weight excluding hydrogens is 256 g/mol. The van der Waals surface area contributed by atoms with Gasteiger partial charge in [-0.25, -0.2) is 0 Å². The van der Waals surface area contributed by atoms with E-state index in [9.17, 15) is 4.79 Å². The van der Waals surface area contributed by atoms with E-state index in [1.165, 1.54) is 12.8 Å². The Balaban J connectivity index is 1.89. The highest BCUT2D eigenvalue weighted by atomic mass is 16.5. The Kier molecular flexibility index (Phi) is 6.08. The number of amides is 1. The Bertz CT molecular complexity index is 386. The standard InChI is InChI=1S/C15H24N2O3/c1-19-10-8-16-11-15(18)17(13-5-2-3-6-13)12-14-7-4-9-20-14/h4,7,9,13,16H,2-3,5-6,8,10-12H2,1H3. The van der Waals surface area contributed by atoms with Crippen molar-refractivity contribution in [3.05, 3.63) is 24.2 Å². The van der Waals surface area contributed by atoms with Gasteiger partial charge < -0.3 is 19.4 Å². The second kappa shape index (κ2) is 8.07. The summed E-state index contributed by atoms with van der Waals surface area (Å²) in [6.07, 6.45) is 6.28. The van der Waals surface area contributed by atoms with E-state index in [-0.39, 0.29) is 5.91 Å². The van der Waals surface area contributed by atoms with Crippen LogP contribution in [0.4, 0.5) is 0 Å². The Morgan fingerprint density at radius 2 is 2.30 bits per heavy atom. The Morgan fingerprint density at radius 1 is 1.50 bits per heavy atom. The van der Waals surface area contributed by atoms with Crippen LogP contribution in [-0.4, -0.2) is 43.7 Å². The van der Waals surface area contributed by atoms with Crippen LogP contribution in [0, 0.1) is 0 Å². The number of furan rings is 1. The monoisotopic (exact) mass is 280 g/mol. The predicted molar refractivity (Wildman–Crippen MR) is 76.3 cm³/mol. The zero-order valence-corrected chi connectivity index (χ0v) is 12.1. The van der Waals surface area contributed by atoms with E-state index >= 15 is 0 Å². The number of carbonyl (C=O) groups excluding carboxylic acids is 1. The summed E-state index contributed by atoms with van der Waals surface area (Å²) < 4.78 is 10.3. The molecule has 1 amide bonds. The van der Waals surface area contributed by atoms with E-state index in [0.29, 0.717) is 32.3 Å². The fraction of sp³-hybridized carbons (Fsp3) is 0.667. The van der Waals surface area contributed by atoms with Gasteiger partial charge in [-0.1, -0.05) is 12.8 Å². The summed E-state index contributed by atoms with van der Waals surface area (Å²) in [6.45, 7) is 2.25. The van der Waals surface area contributed by atoms with Gasteiger partial charge in [0.25, 0.3) is 0 Å². The quantitative estimate of drug-likeness (QED) is 0.738. The molecule has 0 saturated heterocycles. The van der Waals surface area contributed by atoms with Crippen molar-refractivity contribution in [2.75, 3.05) is 26.8 Å². The average Bonchev–Trinajstić information content (AvgIpc) is 3.13. The topological polar surface area (TPSA) is 54.7 Å². The summed E-state index contributed by atoms with van der Waals surface area (Å²) in [5, 5.41) is 3.12. The molecule has 0 radical (unpaired) electrons. The first-order valence-electron chi connectivity index (χ1n) is 7.32. The molecule has 1 saturated carbocycles. The van der Waals surface area contributed by atoms with Gasteiger partial charge in [0.2, 0.25) is 5.91 Å². The predicted octanol–water partition coefficient (Wildman–Crippen LogP) is 1.79. The lowest BCUT2D eigenvalue weighted by Gasteiger charge is -2.28. The molecule has 0 spiro atoms. The van der Waals surface area contributed by atoms with E-state index in [2.05, 4.69) is 5.32 Å². The molecule has 0 unspecified atom stereocenters. The van der Waals surface area contributed by atoms with Crippen molar-refractivity contribution < 1.29 is 13.9 Å². The second-order valence-electron chi connectivity index (χ2n) is 5.21. The van der Waals surface area contributed by atoms with Crippen LogP contribution in [0.3, 0.4) is 0 Å². The molecule has 112 valence electrons. The van der Waals surface area contributed by atoms with Gasteiger partial charge in [0.05, 0.1) is 26.0 Å². The van der Waals surface area contributed by atoms with Gasteiger partial charge in [0.15, 0.2) is 0 Å². The van der Waals surface area contributed by atoms with Crippen LogP contribution in [0.5, 0.6) is 0 Å². The van der Waals surface area contributed by atoms with Crippen LogP contribution >= 0.6 is 0 Å². The average molecular weight is 280 g/mol. The minimum Gasteiger partial charge on any atom is -0.467 e. The summed E-state index contributed by atoms with van der Waals surface area (Å²) in [6, 6.07) is 4.15. The van der Waals surface area contributed by atoms with Crippen molar-refractivity contribution >= 4 is 5.91 Å². The van der Waals surface area contributed by atoms with Crippen molar-refractivity contribution in [3.8, 4) is 0 Å². The molecule has 0 aliphatic heterocycles. The molecule has 1 heterocycles. The first-order valence-corrected chi connectivity index (χ1v) is 7.32. The van der Waals surface area contributed by atoms with Crippen molar-refractivity contribution in [3.63, 3.8) is 0 Å². The molecule has 0 atom stereocenters. The number of ether oxygens (including phenoxy) is 1. The summed E-state index contributed by atoms with van der Waals surface area (Å²) in [5.41, 5.74) is 0. The number of nitrogens with zero attached hydrogens (tertiary/aromatic N) is 1. The number of nitrogens with one attached hydrogen (secondary N) is 1. The first kappa shape index (κ1) is 15.1. The largest absolute Gasteiger partial charge is 0.467 e. The molecule has 1 aliphatic carbocycles. The third kappa shape index (κ3) is 4.35. The highest BCUT2D eigenvalue weighted by molar-refractivity contribution is 5.78. The maximum absolute atomic E-state index is 12.4. The van der Waals surface area contributed by atoms with Crippen LogP contribution in [0.2, 0.25) is 0 Å². The SMILES string of the molecule is COCCNCC(=O)N(Cc1ccco1)C1CCCC1. The van der Waals surface area contributed by atoms with Crippen LogP contribution in [0.25, 0.3) is 0 Å². The number of methoxy groups -OCH3 is 1. The summed E-state index contributed by atoms with van der Waals surface area (Å²) in [4.78, 5) is 14.4. The summed E-state index contributed by atoms with van der Waals surface area (Å²) in [7, 11) is 1.66. The third-order valence-electron chi connectivity index (χ3n) is 3.75. The molecular formula is C15H24N2O3. The Morgan fingerprint density at radius 3 is 2.95 bits per heavy atom. The Labute approximate surface area is 120 Å². The van der Waals surface area contributed by atoms with Crippen LogP contribution in [0.15, 0.2) is 22.8 Å². The Hall–Kier alpha value is -1.33. The molecule has 1 aromatic rings. The number of hydrogen-bond acceptors (Lipinski definition) is 4. The van der Waals surface area contributed by atoms with Crippen molar-refractivity contribution in [2.24, 2.45) is 0 Å². The van der Waals surface area contributed by atoms with Crippen LogP contribution in [-0.2, 0) is 16.1 Å². The number of rotatable bonds is 8. The fourth-order valence-electron chi connectivity index (χ4n) is 2.68. The lowest BCUT2D eigenvalue weighted by molar-refractivity contribution is -0.133. The van der Waals surface area contributed by atoms with Gasteiger partial charge in [-0.05, 0) is 25.0 Å². The maximum atomic E-state index is 12.4. The normalized spacial score (nSPS) is 15.7. The van der Waals surface area contributed by atoms with Gasteiger partial charge in [0.1, 0.15) is 5.76 Å². The minimum atomic E-state index is 0.143. The van der Waals surface area contributed by atoms with Crippen LogP contribution in [0.1, 0.15) is 31.4 Å². The molecule has 2 rings (SSSR count). The fourth-order valence-corrected chi connectivity index (χ4v) is 2.68. The van der Waals surface area contributed by atoms with Crippen molar-refractivity contribution in [2.45, 2.75) is 38.3 Å². The molecule has 5 heteroatoms. The first-order chi connectivity index (χ1) is 9.81. The lowest BCUT2D eigenvalue weighted by Crippen LogP contribution is -2.43. The third-order valence-corrected chi connectivity index (χ3v) is 3.75. The minimum absolute atomic E-state index is 0.143. The summed E-state index contributed by atoms with van der Waals surface area (Å²) >= 11 is 0. The molecule has 1 fully saturated rings. The molecule has 1 aromatic heterocycles. The second-order valence-corrected chi connectivity index (χ2v) is 5.21. The molecule has 1 N–H and O–H groups in total. The van der Waals surface area contributed by atoms with Crippen molar-refractivity contribution in [1.29, 1.82) is 0 Å². The van der Waals surface area contributed by atoms with Gasteiger partial charge in [-0.3, -0.25) is 4.79 Å². The van der Waals surface area contributed by atoms with E-state index in [4.69, 9.17) is 9.15 Å². The van der Waals surface area contributed by atoms with Gasteiger partial charge in [-0.15, -0.1) is 0 Å². The smallest absolute Gasteiger partial charge is 0.237 e. The molecule has 1 aliphatic rings. The van der Waals surface area contributed by atoms with Crippen LogP contribution < -0.4 is 5.32 Å². The van der Waals surface area contributed by atoms with E-state index in [1.54, 1.807) is 13.4 Å². The molecule has 5 nitrogen and oxygen atoms in total. The number of carbonyl (C=O) groups is 1. The zero-order chi connectivity index (χ0) is 14.2. The van der Waals surface area contributed by atoms with E-state index in [0.717, 1.165) is 18.6 Å². The molecule has 0 bridgehead atoms. The highest BCUT2D eigenvalue weighted by Gasteiger charge is 2.26. The lowest BCUT2D eigenvalue weighted by atomic mass is 10.2. The van der Waals surface area contributed by atoms with Crippen molar-refractivity contribution in [1.82, 2.24) is 10.2 Å². The molecule has 20 heavy (non-hydrogen) atoms. The number of hydrogen-bond donors (Lipinski definition) is 1. The van der Waals surface area contributed by atoms with Gasteiger partial charge >= 0.3 is 0 Å². The van der Waals surface area contributed by atoms with Gasteiger partial charge in [-0.2, -0.15) is 0 Å².